The molecule has 0 radical (unpaired) electrons. The zero-order chi connectivity index (χ0) is 23.5. The summed E-state index contributed by atoms with van der Waals surface area (Å²) in [6.45, 7) is 0. The van der Waals surface area contributed by atoms with Crippen molar-refractivity contribution in [1.82, 2.24) is 14.5 Å². The molecule has 2 amide bonds. The Morgan fingerprint density at radius 1 is 1.09 bits per heavy atom. The zero-order valence-electron chi connectivity index (χ0n) is 17.0. The molecule has 0 bridgehead atoms. The molecule has 1 fully saturated rings. The van der Waals surface area contributed by atoms with Gasteiger partial charge in [-0.1, -0.05) is 11.6 Å². The number of hydrogen-bond donors (Lipinski definition) is 2. The van der Waals surface area contributed by atoms with Crippen molar-refractivity contribution in [2.24, 2.45) is 11.8 Å². The fourth-order valence-corrected chi connectivity index (χ4v) is 3.95. The maximum atomic E-state index is 14.7. The molecular weight excluding hydrogens is 456 g/mol. The van der Waals surface area contributed by atoms with Crippen LogP contribution in [0.2, 0.25) is 5.02 Å². The first-order chi connectivity index (χ1) is 15.8. The molecule has 0 saturated heterocycles. The lowest BCUT2D eigenvalue weighted by molar-refractivity contribution is -0.128. The van der Waals surface area contributed by atoms with E-state index in [9.17, 15) is 23.2 Å². The predicted molar refractivity (Wildman–Crippen MR) is 117 cm³/mol. The van der Waals surface area contributed by atoms with Gasteiger partial charge in [0.25, 0.3) is 5.56 Å². The number of nitrogens with zero attached hydrogens (tertiary/aromatic N) is 3. The molecule has 170 valence electrons. The Morgan fingerprint density at radius 3 is 2.48 bits per heavy atom. The number of carbonyl (C=O) groups excluding carboxylic acids is 2. The molecule has 0 unspecified atom stereocenters. The highest BCUT2D eigenvalue weighted by Gasteiger charge is 2.43. The maximum absolute atomic E-state index is 14.7. The molecule has 3 atom stereocenters. The number of nitrogens with one attached hydrogen (secondary N) is 2. The number of hydrogen-bond acceptors (Lipinski definition) is 5. The van der Waals surface area contributed by atoms with E-state index in [4.69, 9.17) is 11.6 Å². The standard InChI is InChI=1S/C22H18ClF2N5O3/c23-16-2-1-5-27-20(16)29-22(33)15-9-12(24)8-14(15)21(32)28-18-4-3-13(10-17(18)25)30-7-6-26-11-19(30)31/h1-7,10-12,14-15H,8-9H2,(H,28,32)(H,27,29,33)/t12-,14+,15+/m1/s1. The number of anilines is 2. The van der Waals surface area contributed by atoms with E-state index in [-0.39, 0.29) is 35.1 Å². The molecular formula is C22H18ClF2N5O3. The minimum Gasteiger partial charge on any atom is -0.323 e. The van der Waals surface area contributed by atoms with E-state index < -0.39 is 41.2 Å². The predicted octanol–water partition coefficient (Wildman–Crippen LogP) is 3.36. The van der Waals surface area contributed by atoms with Crippen molar-refractivity contribution in [3.63, 3.8) is 0 Å². The van der Waals surface area contributed by atoms with Crippen LogP contribution < -0.4 is 16.2 Å². The highest BCUT2D eigenvalue weighted by molar-refractivity contribution is 6.33. The van der Waals surface area contributed by atoms with Gasteiger partial charge in [0.05, 0.1) is 34.4 Å². The van der Waals surface area contributed by atoms with Gasteiger partial charge in [-0.25, -0.2) is 13.8 Å². The summed E-state index contributed by atoms with van der Waals surface area (Å²) in [5.41, 5.74) is -0.359. The minimum atomic E-state index is -1.36. The first-order valence-corrected chi connectivity index (χ1v) is 10.4. The van der Waals surface area contributed by atoms with Crippen LogP contribution in [0.4, 0.5) is 20.3 Å². The minimum absolute atomic E-state index is 0.110. The van der Waals surface area contributed by atoms with Crippen molar-refractivity contribution in [3.05, 3.63) is 76.3 Å². The quantitative estimate of drug-likeness (QED) is 0.591. The largest absolute Gasteiger partial charge is 0.323 e. The molecule has 1 aromatic carbocycles. The third-order valence-corrected chi connectivity index (χ3v) is 5.70. The molecule has 1 aliphatic rings. The van der Waals surface area contributed by atoms with E-state index in [1.54, 1.807) is 6.07 Å². The fraction of sp³-hybridized carbons (Fsp3) is 0.227. The Balaban J connectivity index is 1.50. The topological polar surface area (TPSA) is 106 Å². The molecule has 4 rings (SSSR count). The Labute approximate surface area is 191 Å². The molecule has 2 aromatic heterocycles. The summed E-state index contributed by atoms with van der Waals surface area (Å²) in [7, 11) is 0. The smallest absolute Gasteiger partial charge is 0.273 e. The molecule has 2 heterocycles. The van der Waals surface area contributed by atoms with Gasteiger partial charge in [-0.05, 0) is 37.1 Å². The number of amides is 2. The van der Waals surface area contributed by atoms with Crippen LogP contribution in [0.15, 0.2) is 59.9 Å². The van der Waals surface area contributed by atoms with Crippen molar-refractivity contribution in [3.8, 4) is 5.69 Å². The number of pyridine rings is 1. The Bertz CT molecular complexity index is 1270. The van der Waals surface area contributed by atoms with Gasteiger partial charge in [-0.2, -0.15) is 0 Å². The van der Waals surface area contributed by atoms with Gasteiger partial charge in [-0.15, -0.1) is 0 Å². The van der Waals surface area contributed by atoms with Crippen LogP contribution in [0.1, 0.15) is 12.8 Å². The molecule has 1 aliphatic carbocycles. The molecule has 0 aliphatic heterocycles. The van der Waals surface area contributed by atoms with Crippen LogP contribution in [-0.2, 0) is 9.59 Å². The van der Waals surface area contributed by atoms with E-state index in [0.717, 1.165) is 12.3 Å². The number of halogens is 3. The number of carbonyl (C=O) groups is 2. The summed E-state index contributed by atoms with van der Waals surface area (Å²) in [5, 5.41) is 5.15. The summed E-state index contributed by atoms with van der Waals surface area (Å²) in [6, 6.07) is 6.94. The van der Waals surface area contributed by atoms with E-state index >= 15 is 0 Å². The van der Waals surface area contributed by atoms with Gasteiger partial charge in [0.15, 0.2) is 5.82 Å². The third-order valence-electron chi connectivity index (χ3n) is 5.39. The van der Waals surface area contributed by atoms with Crippen molar-refractivity contribution in [2.75, 3.05) is 10.6 Å². The van der Waals surface area contributed by atoms with Gasteiger partial charge in [-0.3, -0.25) is 23.9 Å². The lowest BCUT2D eigenvalue weighted by Gasteiger charge is -2.19. The van der Waals surface area contributed by atoms with Crippen LogP contribution in [0, 0.1) is 17.7 Å². The molecule has 11 heteroatoms. The lowest BCUT2D eigenvalue weighted by Crippen LogP contribution is -2.33. The first-order valence-electron chi connectivity index (χ1n) is 10.0. The second-order valence-electron chi connectivity index (χ2n) is 7.54. The van der Waals surface area contributed by atoms with E-state index in [0.29, 0.717) is 0 Å². The van der Waals surface area contributed by atoms with Gasteiger partial charge in [0.1, 0.15) is 12.0 Å². The van der Waals surface area contributed by atoms with Crippen molar-refractivity contribution in [2.45, 2.75) is 19.0 Å². The van der Waals surface area contributed by atoms with Gasteiger partial charge in [0, 0.05) is 24.7 Å². The molecule has 8 nitrogen and oxygen atoms in total. The van der Waals surface area contributed by atoms with Crippen molar-refractivity contribution < 1.29 is 18.4 Å². The Morgan fingerprint density at radius 2 is 1.82 bits per heavy atom. The number of alkyl halides is 1. The highest BCUT2D eigenvalue weighted by Crippen LogP contribution is 2.36. The van der Waals surface area contributed by atoms with E-state index in [1.165, 1.54) is 41.4 Å². The average Bonchev–Trinajstić information content (AvgIpc) is 3.19. The monoisotopic (exact) mass is 473 g/mol. The van der Waals surface area contributed by atoms with Gasteiger partial charge in [0.2, 0.25) is 11.8 Å². The molecule has 1 saturated carbocycles. The van der Waals surface area contributed by atoms with Gasteiger partial charge < -0.3 is 10.6 Å². The number of rotatable bonds is 5. The maximum Gasteiger partial charge on any atom is 0.273 e. The summed E-state index contributed by atoms with van der Waals surface area (Å²) < 4.78 is 30.0. The Kier molecular flexibility index (Phi) is 6.45. The SMILES string of the molecule is O=C(Nc1ccc(-n2ccncc2=O)cc1F)[C@H]1C[C@@H](F)C[C@@H]1C(=O)Nc1ncccc1Cl. The highest BCUT2D eigenvalue weighted by atomic mass is 35.5. The van der Waals surface area contributed by atoms with E-state index in [1.807, 2.05) is 0 Å². The lowest BCUT2D eigenvalue weighted by atomic mass is 9.94. The third kappa shape index (κ3) is 4.90. The molecule has 0 spiro atoms. The number of benzene rings is 1. The number of aromatic nitrogens is 3. The molecule has 2 N–H and O–H groups in total. The summed E-state index contributed by atoms with van der Waals surface area (Å²) in [6.07, 6.45) is 3.60. The normalized spacial score (nSPS) is 19.8. The Hall–Kier alpha value is -3.66. The zero-order valence-corrected chi connectivity index (χ0v) is 17.8. The summed E-state index contributed by atoms with van der Waals surface area (Å²) >= 11 is 6.00. The van der Waals surface area contributed by atoms with Crippen LogP contribution in [0.5, 0.6) is 0 Å². The van der Waals surface area contributed by atoms with Crippen LogP contribution >= 0.6 is 11.6 Å². The first kappa shape index (κ1) is 22.5. The second kappa shape index (κ2) is 9.45. The fourth-order valence-electron chi connectivity index (χ4n) is 3.78. The van der Waals surface area contributed by atoms with E-state index in [2.05, 4.69) is 20.6 Å². The summed E-state index contributed by atoms with van der Waals surface area (Å²) in [5.74, 6) is -3.95. The molecule has 33 heavy (non-hydrogen) atoms. The molecule has 3 aromatic rings. The van der Waals surface area contributed by atoms with Crippen molar-refractivity contribution in [1.29, 1.82) is 0 Å². The van der Waals surface area contributed by atoms with Crippen molar-refractivity contribution >= 4 is 34.9 Å². The van der Waals surface area contributed by atoms with Gasteiger partial charge >= 0.3 is 0 Å². The second-order valence-corrected chi connectivity index (χ2v) is 7.95. The summed E-state index contributed by atoms with van der Waals surface area (Å²) in [4.78, 5) is 45.1. The van der Waals surface area contributed by atoms with Crippen LogP contribution in [0.25, 0.3) is 5.69 Å². The van der Waals surface area contributed by atoms with Crippen LogP contribution in [0.3, 0.4) is 0 Å². The average molecular weight is 474 g/mol. The van der Waals surface area contributed by atoms with Crippen LogP contribution in [-0.4, -0.2) is 32.5 Å².